The second-order valence-corrected chi connectivity index (χ2v) is 8.09. The third kappa shape index (κ3) is 4.16. The van der Waals surface area contributed by atoms with Gasteiger partial charge in [0.25, 0.3) is 0 Å². The number of methoxy groups -OCH3 is 1. The van der Waals surface area contributed by atoms with Crippen LogP contribution < -0.4 is 4.90 Å². The molecule has 0 aliphatic carbocycles. The van der Waals surface area contributed by atoms with Gasteiger partial charge in [-0.05, 0) is 29.3 Å². The van der Waals surface area contributed by atoms with Gasteiger partial charge in [-0.25, -0.2) is 0 Å². The molecule has 0 unspecified atom stereocenters. The van der Waals surface area contributed by atoms with Gasteiger partial charge in [-0.3, -0.25) is 9.59 Å². The summed E-state index contributed by atoms with van der Waals surface area (Å²) in [4.78, 5) is 32.2. The van der Waals surface area contributed by atoms with Crippen LogP contribution in [0.4, 0.5) is 5.69 Å². The lowest BCUT2D eigenvalue weighted by Crippen LogP contribution is -2.54. The maximum absolute atomic E-state index is 13.6. The molecule has 0 spiro atoms. The standard InChI is InChI=1S/C23H26ClN3O3/c1-30-14-13-27-21(28)15-17-5-2-3-8-20(17)22(27)23(29)26-11-9-25(10-12-26)19-7-4-6-18(24)16-19/h2-8,16,22H,9-15H2,1H3/t22-/m0/s1. The molecule has 6 nitrogen and oxygen atoms in total. The zero-order valence-corrected chi connectivity index (χ0v) is 17.8. The molecule has 0 N–H and O–H groups in total. The Kier molecular flexibility index (Phi) is 6.25. The molecule has 0 aromatic heterocycles. The van der Waals surface area contributed by atoms with Crippen LogP contribution in [-0.4, -0.2) is 68.1 Å². The number of ether oxygens (including phenoxy) is 1. The molecule has 2 aliphatic heterocycles. The van der Waals surface area contributed by atoms with Gasteiger partial charge in [0.05, 0.1) is 13.0 Å². The molecule has 2 aromatic carbocycles. The van der Waals surface area contributed by atoms with E-state index >= 15 is 0 Å². The lowest BCUT2D eigenvalue weighted by Gasteiger charge is -2.42. The number of hydrogen-bond acceptors (Lipinski definition) is 4. The lowest BCUT2D eigenvalue weighted by molar-refractivity contribution is -0.147. The van der Waals surface area contributed by atoms with Gasteiger partial charge < -0.3 is 19.4 Å². The van der Waals surface area contributed by atoms with Crippen molar-refractivity contribution in [1.82, 2.24) is 9.80 Å². The van der Waals surface area contributed by atoms with E-state index in [4.69, 9.17) is 16.3 Å². The molecule has 7 heteroatoms. The Hall–Kier alpha value is -2.57. The minimum Gasteiger partial charge on any atom is -0.383 e. The number of benzene rings is 2. The van der Waals surface area contributed by atoms with E-state index in [0.29, 0.717) is 37.7 Å². The number of piperazine rings is 1. The molecule has 158 valence electrons. The molecule has 2 heterocycles. The molecule has 1 saturated heterocycles. The van der Waals surface area contributed by atoms with Crippen molar-refractivity contribution in [2.45, 2.75) is 12.5 Å². The zero-order valence-electron chi connectivity index (χ0n) is 17.1. The molecule has 30 heavy (non-hydrogen) atoms. The highest BCUT2D eigenvalue weighted by Crippen LogP contribution is 2.32. The molecule has 4 rings (SSSR count). The van der Waals surface area contributed by atoms with Crippen LogP contribution in [0.2, 0.25) is 5.02 Å². The quantitative estimate of drug-likeness (QED) is 0.736. The van der Waals surface area contributed by atoms with Gasteiger partial charge in [-0.2, -0.15) is 0 Å². The summed E-state index contributed by atoms with van der Waals surface area (Å²) in [5.41, 5.74) is 2.93. The van der Waals surface area contributed by atoms with Gasteiger partial charge in [0, 0.05) is 50.5 Å². The van der Waals surface area contributed by atoms with Gasteiger partial charge in [0.15, 0.2) is 0 Å². The van der Waals surface area contributed by atoms with Gasteiger partial charge in [0.2, 0.25) is 11.8 Å². The van der Waals surface area contributed by atoms with Gasteiger partial charge in [0.1, 0.15) is 6.04 Å². The summed E-state index contributed by atoms with van der Waals surface area (Å²) >= 11 is 6.13. The Bertz CT molecular complexity index is 927. The van der Waals surface area contributed by atoms with E-state index in [1.54, 1.807) is 12.0 Å². The Labute approximate surface area is 182 Å². The van der Waals surface area contributed by atoms with Crippen LogP contribution in [-0.2, 0) is 20.7 Å². The van der Waals surface area contributed by atoms with Crippen molar-refractivity contribution in [3.8, 4) is 0 Å². The van der Waals surface area contributed by atoms with Gasteiger partial charge in [-0.15, -0.1) is 0 Å². The largest absolute Gasteiger partial charge is 0.383 e. The second kappa shape index (κ2) is 9.06. The fraction of sp³-hybridized carbons (Fsp3) is 0.391. The first-order chi connectivity index (χ1) is 14.6. The Balaban J connectivity index is 1.53. The van der Waals surface area contributed by atoms with E-state index in [9.17, 15) is 9.59 Å². The normalized spacial score (nSPS) is 19.1. The van der Waals surface area contributed by atoms with Crippen LogP contribution in [0.1, 0.15) is 17.2 Å². The van der Waals surface area contributed by atoms with Crippen molar-refractivity contribution in [3.05, 3.63) is 64.7 Å². The maximum Gasteiger partial charge on any atom is 0.250 e. The molecule has 2 amide bonds. The molecule has 1 fully saturated rings. The van der Waals surface area contributed by atoms with Crippen LogP contribution in [0.3, 0.4) is 0 Å². The minimum atomic E-state index is -0.588. The molecule has 2 aliphatic rings. The average Bonchev–Trinajstić information content (AvgIpc) is 2.77. The van der Waals surface area contributed by atoms with E-state index in [2.05, 4.69) is 4.90 Å². The van der Waals surface area contributed by atoms with Gasteiger partial charge >= 0.3 is 0 Å². The van der Waals surface area contributed by atoms with Crippen LogP contribution in [0, 0.1) is 0 Å². The van der Waals surface area contributed by atoms with Crippen molar-refractivity contribution >= 4 is 29.1 Å². The summed E-state index contributed by atoms with van der Waals surface area (Å²) in [7, 11) is 1.61. The predicted molar refractivity (Wildman–Crippen MR) is 117 cm³/mol. The molecule has 2 aromatic rings. The minimum absolute atomic E-state index is 0.0163. The number of carbonyl (C=O) groups is 2. The fourth-order valence-corrected chi connectivity index (χ4v) is 4.46. The van der Waals surface area contributed by atoms with Crippen molar-refractivity contribution in [1.29, 1.82) is 0 Å². The smallest absolute Gasteiger partial charge is 0.250 e. The summed E-state index contributed by atoms with van der Waals surface area (Å²) in [6, 6.07) is 14.9. The zero-order chi connectivity index (χ0) is 21.1. The highest BCUT2D eigenvalue weighted by atomic mass is 35.5. The number of anilines is 1. The number of fused-ring (bicyclic) bond motifs is 1. The summed E-state index contributed by atoms with van der Waals surface area (Å²) in [5, 5.41) is 0.706. The summed E-state index contributed by atoms with van der Waals surface area (Å²) in [6.45, 7) is 3.48. The van der Waals surface area contributed by atoms with E-state index < -0.39 is 6.04 Å². The molecular weight excluding hydrogens is 402 g/mol. The summed E-state index contributed by atoms with van der Waals surface area (Å²) < 4.78 is 5.19. The van der Waals surface area contributed by atoms with Crippen LogP contribution in [0.25, 0.3) is 0 Å². The highest BCUT2D eigenvalue weighted by molar-refractivity contribution is 6.30. The van der Waals surface area contributed by atoms with Crippen molar-refractivity contribution in [3.63, 3.8) is 0 Å². The van der Waals surface area contributed by atoms with E-state index in [1.165, 1.54) is 0 Å². The molecule has 1 atom stereocenters. The second-order valence-electron chi connectivity index (χ2n) is 7.65. The van der Waals surface area contributed by atoms with E-state index in [0.717, 1.165) is 29.9 Å². The molecular formula is C23H26ClN3O3. The van der Waals surface area contributed by atoms with Crippen molar-refractivity contribution in [2.24, 2.45) is 0 Å². The third-order valence-electron chi connectivity index (χ3n) is 5.86. The first-order valence-electron chi connectivity index (χ1n) is 10.2. The van der Waals surface area contributed by atoms with E-state index in [-0.39, 0.29) is 11.8 Å². The topological polar surface area (TPSA) is 53.1 Å². The number of amides is 2. The highest BCUT2D eigenvalue weighted by Gasteiger charge is 2.39. The predicted octanol–water partition coefficient (Wildman–Crippen LogP) is 2.76. The maximum atomic E-state index is 13.6. The lowest BCUT2D eigenvalue weighted by atomic mass is 9.91. The first-order valence-corrected chi connectivity index (χ1v) is 10.6. The first kappa shape index (κ1) is 20.7. The van der Waals surface area contributed by atoms with Crippen LogP contribution in [0.5, 0.6) is 0 Å². The summed E-state index contributed by atoms with van der Waals surface area (Å²) in [6.07, 6.45) is 0.326. The number of nitrogens with zero attached hydrogens (tertiary/aromatic N) is 3. The Morgan fingerprint density at radius 3 is 2.60 bits per heavy atom. The van der Waals surface area contributed by atoms with E-state index in [1.807, 2.05) is 53.4 Å². The van der Waals surface area contributed by atoms with Crippen LogP contribution >= 0.6 is 11.6 Å². The number of carbonyl (C=O) groups excluding carboxylic acids is 2. The van der Waals surface area contributed by atoms with Crippen molar-refractivity contribution < 1.29 is 14.3 Å². The molecule has 0 saturated carbocycles. The third-order valence-corrected chi connectivity index (χ3v) is 6.09. The fourth-order valence-electron chi connectivity index (χ4n) is 4.28. The summed E-state index contributed by atoms with van der Waals surface area (Å²) in [5.74, 6) is -0.0426. The van der Waals surface area contributed by atoms with Crippen molar-refractivity contribution in [2.75, 3.05) is 51.3 Å². The van der Waals surface area contributed by atoms with Gasteiger partial charge in [-0.1, -0.05) is 41.9 Å². The Morgan fingerprint density at radius 1 is 1.10 bits per heavy atom. The monoisotopic (exact) mass is 427 g/mol. The number of hydrogen-bond donors (Lipinski definition) is 0. The SMILES string of the molecule is COCCN1C(=O)Cc2ccccc2[C@H]1C(=O)N1CCN(c2cccc(Cl)c2)CC1. The molecule has 0 radical (unpaired) electrons. The number of rotatable bonds is 5. The molecule has 0 bridgehead atoms. The van der Waals surface area contributed by atoms with Crippen LogP contribution in [0.15, 0.2) is 48.5 Å². The average molecular weight is 428 g/mol. The number of halogens is 1. The Morgan fingerprint density at radius 2 is 1.87 bits per heavy atom.